The summed E-state index contributed by atoms with van der Waals surface area (Å²) in [6.45, 7) is 9.79. The van der Waals surface area contributed by atoms with Gasteiger partial charge in [0.1, 0.15) is 17.7 Å². The van der Waals surface area contributed by atoms with Gasteiger partial charge in [-0.3, -0.25) is 19.2 Å². The fourth-order valence-electron chi connectivity index (χ4n) is 8.23. The Morgan fingerprint density at radius 2 is 1.89 bits per heavy atom. The molecule has 1 aliphatic carbocycles. The van der Waals surface area contributed by atoms with Crippen molar-refractivity contribution in [2.75, 3.05) is 19.7 Å². The molecule has 5 rings (SSSR count). The fourth-order valence-corrected chi connectivity index (χ4v) is 8.23. The van der Waals surface area contributed by atoms with Crippen molar-refractivity contribution in [2.24, 2.45) is 11.8 Å². The van der Waals surface area contributed by atoms with Crippen molar-refractivity contribution in [3.8, 4) is 0 Å². The summed E-state index contributed by atoms with van der Waals surface area (Å²) in [6.07, 6.45) is 9.16. The molecule has 1 aromatic carbocycles. The van der Waals surface area contributed by atoms with E-state index in [9.17, 15) is 24.3 Å². The number of carbonyl (C=O) groups excluding carboxylic acids is 4. The van der Waals surface area contributed by atoms with Gasteiger partial charge in [0.15, 0.2) is 0 Å². The number of amides is 3. The molecule has 250 valence electrons. The monoisotopic (exact) mass is 635 g/mol. The first kappa shape index (κ1) is 33.9. The second-order valence-corrected chi connectivity index (χ2v) is 13.2. The molecule has 3 saturated heterocycles. The molecule has 4 aliphatic rings. The predicted octanol–water partition coefficient (Wildman–Crippen LogP) is 3.85. The summed E-state index contributed by atoms with van der Waals surface area (Å²) in [4.78, 5) is 59.1. The molecule has 2 N–H and O–H groups in total. The molecule has 10 nitrogen and oxygen atoms in total. The minimum Gasteiger partial charge on any atom is -0.455 e. The highest BCUT2D eigenvalue weighted by molar-refractivity contribution is 5.98. The number of allylic oxidation sites excluding steroid dienone is 1. The third-order valence-corrected chi connectivity index (χ3v) is 10.3. The smallest absolute Gasteiger partial charge is 0.313 e. The van der Waals surface area contributed by atoms with Crippen molar-refractivity contribution in [3.05, 3.63) is 61.2 Å². The highest BCUT2D eigenvalue weighted by Crippen LogP contribution is 2.59. The number of hydrogen-bond acceptors (Lipinski definition) is 7. The molecular weight excluding hydrogens is 586 g/mol. The summed E-state index contributed by atoms with van der Waals surface area (Å²) < 4.78 is 12.8. The highest BCUT2D eigenvalue weighted by Gasteiger charge is 2.75. The van der Waals surface area contributed by atoms with Gasteiger partial charge in [-0.1, -0.05) is 61.7 Å². The number of ether oxygens (including phenoxy) is 2. The SMILES string of the molecule is C=CCCC(=O)N[C@@H](C)[C@H](OC(=O)[C@@H]1[C@H]2C(=O)N(CCCO)[C@H](C(=O)N(CC=C)C3CCCCC3)[C@]23CC[C@H]1O3)c1ccccc1. The lowest BCUT2D eigenvalue weighted by molar-refractivity contribution is -0.162. The molecule has 46 heavy (non-hydrogen) atoms. The number of benzene rings is 1. The van der Waals surface area contributed by atoms with Crippen LogP contribution in [-0.4, -0.2) is 88.1 Å². The Balaban J connectivity index is 1.43. The molecular formula is C36H49N3O7. The lowest BCUT2D eigenvalue weighted by atomic mass is 9.70. The van der Waals surface area contributed by atoms with Crippen LogP contribution in [0, 0.1) is 11.8 Å². The molecule has 2 bridgehead atoms. The van der Waals surface area contributed by atoms with Crippen LogP contribution in [-0.2, 0) is 28.7 Å². The van der Waals surface area contributed by atoms with Crippen molar-refractivity contribution in [1.29, 1.82) is 0 Å². The van der Waals surface area contributed by atoms with Gasteiger partial charge in [-0.15, -0.1) is 13.2 Å². The second-order valence-electron chi connectivity index (χ2n) is 13.2. The predicted molar refractivity (Wildman–Crippen MR) is 172 cm³/mol. The van der Waals surface area contributed by atoms with Crippen LogP contribution in [0.2, 0.25) is 0 Å². The fraction of sp³-hybridized carbons (Fsp3) is 0.611. The standard InChI is InChI=1S/C36H49N3O7/c1-4-6-18-28(41)37-24(3)31(25-14-9-7-10-15-25)45-35(44)29-27-19-20-36(46-27)30(29)33(42)39(22-13-23-40)32(36)34(43)38(21-5-2)26-16-11-8-12-17-26/h4-5,7,9-10,14-15,24,26-27,29-32,40H,1-2,6,8,11-13,16-23H2,3H3,(H,37,41)/t24-,27+,29-,30-,31-,32+,36-/m0/s1. The third kappa shape index (κ3) is 6.51. The Labute approximate surface area is 272 Å². The van der Waals surface area contributed by atoms with Gasteiger partial charge in [0.2, 0.25) is 17.7 Å². The van der Waals surface area contributed by atoms with E-state index in [1.165, 1.54) is 0 Å². The number of nitrogens with one attached hydrogen (secondary N) is 1. The first-order valence-corrected chi connectivity index (χ1v) is 16.9. The number of nitrogens with zero attached hydrogens (tertiary/aromatic N) is 2. The topological polar surface area (TPSA) is 125 Å². The average molecular weight is 636 g/mol. The summed E-state index contributed by atoms with van der Waals surface area (Å²) in [5, 5.41) is 12.6. The van der Waals surface area contributed by atoms with Gasteiger partial charge in [0, 0.05) is 32.2 Å². The van der Waals surface area contributed by atoms with E-state index in [1.54, 1.807) is 24.0 Å². The van der Waals surface area contributed by atoms with Crippen LogP contribution in [0.15, 0.2) is 55.6 Å². The van der Waals surface area contributed by atoms with E-state index in [1.807, 2.05) is 35.2 Å². The molecule has 10 heteroatoms. The summed E-state index contributed by atoms with van der Waals surface area (Å²) in [6, 6.07) is 7.84. The first-order chi connectivity index (χ1) is 22.3. The maximum atomic E-state index is 14.6. The molecule has 3 amide bonds. The summed E-state index contributed by atoms with van der Waals surface area (Å²) >= 11 is 0. The third-order valence-electron chi connectivity index (χ3n) is 10.3. The van der Waals surface area contributed by atoms with E-state index in [0.717, 1.165) is 32.1 Å². The zero-order valence-corrected chi connectivity index (χ0v) is 27.0. The Bertz CT molecular complexity index is 1280. The van der Waals surface area contributed by atoms with Crippen LogP contribution >= 0.6 is 0 Å². The maximum absolute atomic E-state index is 14.6. The van der Waals surface area contributed by atoms with Crippen molar-refractivity contribution < 1.29 is 33.8 Å². The van der Waals surface area contributed by atoms with Crippen molar-refractivity contribution in [1.82, 2.24) is 15.1 Å². The zero-order valence-electron chi connectivity index (χ0n) is 27.0. The van der Waals surface area contributed by atoms with Crippen LogP contribution in [0.3, 0.4) is 0 Å². The van der Waals surface area contributed by atoms with Crippen LogP contribution in [0.5, 0.6) is 0 Å². The van der Waals surface area contributed by atoms with E-state index < -0.39 is 47.7 Å². The van der Waals surface area contributed by atoms with E-state index in [-0.39, 0.29) is 43.3 Å². The van der Waals surface area contributed by atoms with Gasteiger partial charge in [-0.05, 0) is 51.0 Å². The number of likely N-dealkylation sites (tertiary alicyclic amines) is 1. The van der Waals surface area contributed by atoms with Gasteiger partial charge in [-0.25, -0.2) is 0 Å². The second kappa shape index (κ2) is 14.9. The van der Waals surface area contributed by atoms with Crippen molar-refractivity contribution >= 4 is 23.7 Å². The number of aliphatic hydroxyl groups excluding tert-OH is 1. The molecule has 0 unspecified atom stereocenters. The van der Waals surface area contributed by atoms with Gasteiger partial charge in [0.05, 0.1) is 24.0 Å². The molecule has 4 fully saturated rings. The number of aliphatic hydroxyl groups is 1. The normalized spacial score (nSPS) is 28.3. The molecule has 3 aliphatic heterocycles. The lowest BCUT2D eigenvalue weighted by Gasteiger charge is -2.40. The van der Waals surface area contributed by atoms with Crippen molar-refractivity contribution in [3.63, 3.8) is 0 Å². The molecule has 0 aromatic heterocycles. The number of carbonyl (C=O) groups is 4. The van der Waals surface area contributed by atoms with Crippen LogP contribution < -0.4 is 5.32 Å². The zero-order chi connectivity index (χ0) is 32.8. The van der Waals surface area contributed by atoms with Crippen molar-refractivity contribution in [2.45, 2.75) is 107 Å². The quantitative estimate of drug-likeness (QED) is 0.222. The van der Waals surface area contributed by atoms with E-state index in [0.29, 0.717) is 37.8 Å². The highest BCUT2D eigenvalue weighted by atomic mass is 16.6. The number of esters is 1. The molecule has 0 radical (unpaired) electrons. The van der Waals surface area contributed by atoms with Crippen LogP contribution in [0.4, 0.5) is 0 Å². The Hall–Kier alpha value is -3.50. The van der Waals surface area contributed by atoms with Crippen LogP contribution in [0.25, 0.3) is 0 Å². The van der Waals surface area contributed by atoms with Gasteiger partial charge >= 0.3 is 5.97 Å². The van der Waals surface area contributed by atoms with Gasteiger partial charge < -0.3 is 29.7 Å². The summed E-state index contributed by atoms with van der Waals surface area (Å²) in [5.74, 6) is -3.00. The summed E-state index contributed by atoms with van der Waals surface area (Å²) in [5.41, 5.74) is -0.437. The summed E-state index contributed by atoms with van der Waals surface area (Å²) in [7, 11) is 0. The average Bonchev–Trinajstić information content (AvgIpc) is 3.71. The van der Waals surface area contributed by atoms with E-state index in [4.69, 9.17) is 9.47 Å². The molecule has 1 aromatic rings. The largest absolute Gasteiger partial charge is 0.455 e. The Kier molecular flexibility index (Phi) is 11.0. The molecule has 1 saturated carbocycles. The number of fused-ring (bicyclic) bond motifs is 1. The Morgan fingerprint density at radius 1 is 1.15 bits per heavy atom. The minimum atomic E-state index is -1.15. The van der Waals surface area contributed by atoms with Crippen LogP contribution in [0.1, 0.15) is 82.8 Å². The molecule has 1 spiro atoms. The Morgan fingerprint density at radius 3 is 2.57 bits per heavy atom. The van der Waals surface area contributed by atoms with Gasteiger partial charge in [-0.2, -0.15) is 0 Å². The lowest BCUT2D eigenvalue weighted by Crippen LogP contribution is -2.58. The van der Waals surface area contributed by atoms with E-state index in [2.05, 4.69) is 18.5 Å². The number of rotatable bonds is 15. The minimum absolute atomic E-state index is 0.0543. The number of hydrogen-bond donors (Lipinski definition) is 2. The van der Waals surface area contributed by atoms with E-state index >= 15 is 0 Å². The van der Waals surface area contributed by atoms with Gasteiger partial charge in [0.25, 0.3) is 0 Å². The molecule has 7 atom stereocenters. The first-order valence-electron chi connectivity index (χ1n) is 16.9. The maximum Gasteiger partial charge on any atom is 0.313 e. The molecule has 3 heterocycles.